The number of hydrogen-bond donors (Lipinski definition) is 2. The van der Waals surface area contributed by atoms with E-state index in [4.69, 9.17) is 9.47 Å². The number of benzene rings is 1. The van der Waals surface area contributed by atoms with Crippen molar-refractivity contribution < 1.29 is 14.3 Å². The summed E-state index contributed by atoms with van der Waals surface area (Å²) in [5.41, 5.74) is 1.13. The highest BCUT2D eigenvalue weighted by Gasteiger charge is 2.13. The number of fused-ring (bicyclic) bond motifs is 1. The van der Waals surface area contributed by atoms with E-state index in [0.717, 1.165) is 18.0 Å². The van der Waals surface area contributed by atoms with Crippen molar-refractivity contribution in [1.29, 1.82) is 0 Å². The number of hydrogen-bond acceptors (Lipinski definition) is 7. The lowest BCUT2D eigenvalue weighted by molar-refractivity contribution is 0.0945. The summed E-state index contributed by atoms with van der Waals surface area (Å²) in [6, 6.07) is 7.21. The lowest BCUT2D eigenvalue weighted by Crippen LogP contribution is -2.32. The maximum absolute atomic E-state index is 12.3. The summed E-state index contributed by atoms with van der Waals surface area (Å²) in [5.74, 6) is 2.26. The molecule has 0 saturated carbocycles. The Morgan fingerprint density at radius 2 is 1.92 bits per heavy atom. The first-order chi connectivity index (χ1) is 12.5. The fourth-order valence-corrected chi connectivity index (χ4v) is 2.50. The highest BCUT2D eigenvalue weighted by molar-refractivity contribution is 5.93. The smallest absolute Gasteiger partial charge is 0.270 e. The summed E-state index contributed by atoms with van der Waals surface area (Å²) in [5, 5.41) is 6.04. The zero-order valence-electron chi connectivity index (χ0n) is 15.2. The highest BCUT2D eigenvalue weighted by atomic mass is 16.6. The topological polar surface area (TPSA) is 88.6 Å². The second-order valence-electron chi connectivity index (χ2n) is 6.23. The molecular formula is C18H23N5O3. The maximum Gasteiger partial charge on any atom is 0.270 e. The molecule has 138 valence electrons. The normalized spacial score (nSPS) is 12.8. The van der Waals surface area contributed by atoms with Crippen molar-refractivity contribution in [2.24, 2.45) is 0 Å². The van der Waals surface area contributed by atoms with Crippen LogP contribution in [0.4, 0.5) is 11.5 Å². The van der Waals surface area contributed by atoms with E-state index >= 15 is 0 Å². The van der Waals surface area contributed by atoms with Crippen molar-refractivity contribution in [3.8, 4) is 11.5 Å². The monoisotopic (exact) mass is 357 g/mol. The van der Waals surface area contributed by atoms with Crippen LogP contribution in [0.2, 0.25) is 0 Å². The maximum atomic E-state index is 12.3. The quantitative estimate of drug-likeness (QED) is 0.811. The number of nitrogens with one attached hydrogen (secondary N) is 2. The Morgan fingerprint density at radius 3 is 2.69 bits per heavy atom. The summed E-state index contributed by atoms with van der Waals surface area (Å²) in [7, 11) is 3.91. The molecule has 1 aliphatic rings. The molecule has 8 nitrogen and oxygen atoms in total. The Bertz CT molecular complexity index is 794. The lowest BCUT2D eigenvalue weighted by atomic mass is 10.2. The number of amides is 1. The molecule has 1 aromatic heterocycles. The number of rotatable bonds is 6. The Hall–Kier alpha value is -2.87. The number of carbonyl (C=O) groups excluding carboxylic acids is 1. The number of anilines is 2. The number of ether oxygens (including phenoxy) is 2. The van der Waals surface area contributed by atoms with Crippen LogP contribution >= 0.6 is 0 Å². The van der Waals surface area contributed by atoms with E-state index in [1.165, 1.54) is 0 Å². The minimum atomic E-state index is -0.220. The minimum Gasteiger partial charge on any atom is -0.486 e. The van der Waals surface area contributed by atoms with Gasteiger partial charge in [0.15, 0.2) is 11.5 Å². The third-order valence-corrected chi connectivity index (χ3v) is 3.73. The van der Waals surface area contributed by atoms with Gasteiger partial charge in [-0.15, -0.1) is 0 Å². The molecule has 0 aliphatic carbocycles. The molecule has 2 aromatic rings. The van der Waals surface area contributed by atoms with Gasteiger partial charge in [0.25, 0.3) is 5.91 Å². The SMILES string of the molecule is Cc1nc(Nc2ccc3c(c2)OCCO3)cc(C(=O)NCCN(C)C)n1. The fourth-order valence-electron chi connectivity index (χ4n) is 2.50. The van der Waals surface area contributed by atoms with Gasteiger partial charge in [-0.3, -0.25) is 4.79 Å². The van der Waals surface area contributed by atoms with Gasteiger partial charge in [-0.25, -0.2) is 9.97 Å². The number of aryl methyl sites for hydroxylation is 1. The Labute approximate surface area is 152 Å². The molecule has 3 rings (SSSR count). The van der Waals surface area contributed by atoms with E-state index in [2.05, 4.69) is 20.6 Å². The average molecular weight is 357 g/mol. The zero-order chi connectivity index (χ0) is 18.5. The molecule has 0 unspecified atom stereocenters. The van der Waals surface area contributed by atoms with Crippen LogP contribution in [0.15, 0.2) is 24.3 Å². The fraction of sp³-hybridized carbons (Fsp3) is 0.389. The van der Waals surface area contributed by atoms with Crippen LogP contribution in [-0.2, 0) is 0 Å². The van der Waals surface area contributed by atoms with E-state index in [9.17, 15) is 4.79 Å². The molecule has 1 aromatic carbocycles. The summed E-state index contributed by atoms with van der Waals surface area (Å²) in [6.07, 6.45) is 0. The molecule has 0 fully saturated rings. The molecule has 1 amide bonds. The van der Waals surface area contributed by atoms with Gasteiger partial charge in [-0.1, -0.05) is 0 Å². The second kappa shape index (κ2) is 8.01. The predicted octanol–water partition coefficient (Wildman–Crippen LogP) is 1.59. The van der Waals surface area contributed by atoms with E-state index in [1.54, 1.807) is 13.0 Å². The molecule has 2 N–H and O–H groups in total. The average Bonchev–Trinajstić information content (AvgIpc) is 2.60. The van der Waals surface area contributed by atoms with Gasteiger partial charge in [0.2, 0.25) is 0 Å². The summed E-state index contributed by atoms with van der Waals surface area (Å²) < 4.78 is 11.1. The van der Waals surface area contributed by atoms with Gasteiger partial charge in [0.1, 0.15) is 30.5 Å². The van der Waals surface area contributed by atoms with Crippen molar-refractivity contribution in [2.45, 2.75) is 6.92 Å². The molecule has 0 saturated heterocycles. The van der Waals surface area contributed by atoms with Crippen LogP contribution in [0.5, 0.6) is 11.5 Å². The first-order valence-corrected chi connectivity index (χ1v) is 8.46. The van der Waals surface area contributed by atoms with Crippen LogP contribution < -0.4 is 20.1 Å². The lowest BCUT2D eigenvalue weighted by Gasteiger charge is -2.19. The first kappa shape index (κ1) is 17.9. The van der Waals surface area contributed by atoms with Gasteiger partial charge in [0.05, 0.1) is 0 Å². The standard InChI is InChI=1S/C18H23N5O3/c1-12-20-14(18(24)19-6-7-23(2)3)11-17(21-12)22-13-4-5-15-16(10-13)26-9-8-25-15/h4-5,10-11H,6-9H2,1-3H3,(H,19,24)(H,20,21,22). The highest BCUT2D eigenvalue weighted by Crippen LogP contribution is 2.33. The molecule has 2 heterocycles. The Kier molecular flexibility index (Phi) is 5.52. The van der Waals surface area contributed by atoms with Crippen LogP contribution in [0.1, 0.15) is 16.3 Å². The predicted molar refractivity (Wildman–Crippen MR) is 98.4 cm³/mol. The molecule has 0 bridgehead atoms. The molecule has 0 radical (unpaired) electrons. The van der Waals surface area contributed by atoms with Gasteiger partial charge >= 0.3 is 0 Å². The molecule has 26 heavy (non-hydrogen) atoms. The molecule has 1 aliphatic heterocycles. The molecular weight excluding hydrogens is 334 g/mol. The Morgan fingerprint density at radius 1 is 1.15 bits per heavy atom. The zero-order valence-corrected chi connectivity index (χ0v) is 15.2. The molecule has 0 atom stereocenters. The number of nitrogens with zero attached hydrogens (tertiary/aromatic N) is 3. The molecule has 8 heteroatoms. The van der Waals surface area contributed by atoms with Crippen LogP contribution in [0.3, 0.4) is 0 Å². The molecule has 0 spiro atoms. The van der Waals surface area contributed by atoms with Crippen molar-refractivity contribution in [1.82, 2.24) is 20.2 Å². The van der Waals surface area contributed by atoms with Crippen molar-refractivity contribution in [3.63, 3.8) is 0 Å². The summed E-state index contributed by atoms with van der Waals surface area (Å²) in [6.45, 7) is 4.15. The van der Waals surface area contributed by atoms with Gasteiger partial charge in [-0.2, -0.15) is 0 Å². The van der Waals surface area contributed by atoms with E-state index in [1.807, 2.05) is 37.2 Å². The number of likely N-dealkylation sites (N-methyl/N-ethyl adjacent to an activating group) is 1. The second-order valence-corrected chi connectivity index (χ2v) is 6.23. The van der Waals surface area contributed by atoms with Crippen molar-refractivity contribution >= 4 is 17.4 Å². The third-order valence-electron chi connectivity index (χ3n) is 3.73. The van der Waals surface area contributed by atoms with E-state index < -0.39 is 0 Å². The summed E-state index contributed by atoms with van der Waals surface area (Å²) >= 11 is 0. The van der Waals surface area contributed by atoms with Crippen molar-refractivity contribution in [3.05, 3.63) is 35.8 Å². The number of aromatic nitrogens is 2. The van der Waals surface area contributed by atoms with E-state index in [-0.39, 0.29) is 5.91 Å². The van der Waals surface area contributed by atoms with Crippen LogP contribution in [0, 0.1) is 6.92 Å². The third kappa shape index (κ3) is 4.60. The van der Waals surface area contributed by atoms with E-state index in [0.29, 0.717) is 42.8 Å². The largest absolute Gasteiger partial charge is 0.486 e. The minimum absolute atomic E-state index is 0.220. The summed E-state index contributed by atoms with van der Waals surface area (Å²) in [4.78, 5) is 22.9. The van der Waals surface area contributed by atoms with Crippen LogP contribution in [0.25, 0.3) is 0 Å². The van der Waals surface area contributed by atoms with Gasteiger partial charge in [-0.05, 0) is 33.2 Å². The Balaban J connectivity index is 1.72. The van der Waals surface area contributed by atoms with Gasteiger partial charge < -0.3 is 25.0 Å². The van der Waals surface area contributed by atoms with Gasteiger partial charge in [0, 0.05) is 30.9 Å². The first-order valence-electron chi connectivity index (χ1n) is 8.46. The van der Waals surface area contributed by atoms with Crippen molar-refractivity contribution in [2.75, 3.05) is 45.7 Å². The van der Waals surface area contributed by atoms with Crippen LogP contribution in [-0.4, -0.2) is 61.2 Å². The number of carbonyl (C=O) groups is 1.